The molecular weight excluding hydrogens is 484 g/mol. The van der Waals surface area contributed by atoms with Crippen LogP contribution in [0.15, 0.2) is 78.9 Å². The molecule has 5 nitrogen and oxygen atoms in total. The van der Waals surface area contributed by atoms with Crippen LogP contribution < -0.4 is 10.1 Å². The SMILES string of the molecule is CC(C)c1ccccc1OCC(=O)N(Cc1ccc(Cl)cc1)[C@H](Cc1ccccc1)C(=O)NC(C)(C)C. The van der Waals surface area contributed by atoms with Crippen molar-refractivity contribution in [1.82, 2.24) is 10.2 Å². The summed E-state index contributed by atoms with van der Waals surface area (Å²) in [7, 11) is 0. The number of carbonyl (C=O) groups is 2. The minimum Gasteiger partial charge on any atom is -0.483 e. The highest BCUT2D eigenvalue weighted by molar-refractivity contribution is 6.30. The lowest BCUT2D eigenvalue weighted by atomic mass is 10.0. The second-order valence-corrected chi connectivity index (χ2v) is 11.0. The third kappa shape index (κ3) is 8.64. The van der Waals surface area contributed by atoms with Crippen molar-refractivity contribution < 1.29 is 14.3 Å². The van der Waals surface area contributed by atoms with Crippen molar-refractivity contribution in [1.29, 1.82) is 0 Å². The average molecular weight is 521 g/mol. The summed E-state index contributed by atoms with van der Waals surface area (Å²) in [5, 5.41) is 3.69. The molecule has 3 rings (SSSR count). The molecule has 1 N–H and O–H groups in total. The van der Waals surface area contributed by atoms with E-state index in [0.29, 0.717) is 17.2 Å². The first-order valence-corrected chi connectivity index (χ1v) is 13.0. The van der Waals surface area contributed by atoms with E-state index >= 15 is 0 Å². The van der Waals surface area contributed by atoms with E-state index in [2.05, 4.69) is 19.2 Å². The Kier molecular flexibility index (Phi) is 9.76. The predicted octanol–water partition coefficient (Wildman–Crippen LogP) is 6.40. The fourth-order valence-electron chi connectivity index (χ4n) is 4.10. The number of hydrogen-bond acceptors (Lipinski definition) is 3. The molecule has 0 radical (unpaired) electrons. The minimum absolute atomic E-state index is 0.175. The summed E-state index contributed by atoms with van der Waals surface area (Å²) in [6.07, 6.45) is 0.380. The molecule has 3 aromatic rings. The van der Waals surface area contributed by atoms with Gasteiger partial charge in [-0.25, -0.2) is 0 Å². The molecule has 0 aliphatic rings. The Morgan fingerprint density at radius 3 is 2.14 bits per heavy atom. The minimum atomic E-state index is -0.728. The van der Waals surface area contributed by atoms with Crippen molar-refractivity contribution in [2.24, 2.45) is 0 Å². The highest BCUT2D eigenvalue weighted by Crippen LogP contribution is 2.26. The standard InChI is InChI=1S/C31H37ClN2O3/c1-22(2)26-13-9-10-14-28(26)37-21-29(35)34(20-24-15-17-25(32)18-16-24)27(30(36)33-31(3,4)5)19-23-11-7-6-8-12-23/h6-18,22,27H,19-21H2,1-5H3,(H,33,36)/t27-/m1/s1. The Bertz CT molecular complexity index is 1170. The van der Waals surface area contributed by atoms with Crippen molar-refractivity contribution in [2.75, 3.05) is 6.61 Å². The highest BCUT2D eigenvalue weighted by Gasteiger charge is 2.32. The van der Waals surface area contributed by atoms with Crippen LogP contribution in [-0.2, 0) is 22.6 Å². The molecule has 2 amide bonds. The normalized spacial score (nSPS) is 12.2. The lowest BCUT2D eigenvalue weighted by Crippen LogP contribution is -2.55. The first-order chi connectivity index (χ1) is 17.5. The van der Waals surface area contributed by atoms with Crippen molar-refractivity contribution in [3.63, 3.8) is 0 Å². The lowest BCUT2D eigenvalue weighted by Gasteiger charge is -2.34. The molecule has 196 valence electrons. The maximum atomic E-state index is 13.8. The Labute approximate surface area is 225 Å². The highest BCUT2D eigenvalue weighted by atomic mass is 35.5. The molecule has 0 heterocycles. The molecule has 1 atom stereocenters. The van der Waals surface area contributed by atoms with Gasteiger partial charge in [0, 0.05) is 23.5 Å². The molecule has 0 saturated heterocycles. The largest absolute Gasteiger partial charge is 0.483 e. The number of rotatable bonds is 10. The Morgan fingerprint density at radius 2 is 1.51 bits per heavy atom. The van der Waals surface area contributed by atoms with Crippen LogP contribution >= 0.6 is 11.6 Å². The Balaban J connectivity index is 1.94. The van der Waals surface area contributed by atoms with E-state index in [1.165, 1.54) is 0 Å². The first-order valence-electron chi connectivity index (χ1n) is 12.6. The van der Waals surface area contributed by atoms with Crippen LogP contribution in [-0.4, -0.2) is 34.9 Å². The van der Waals surface area contributed by atoms with E-state index in [1.54, 1.807) is 17.0 Å². The van der Waals surface area contributed by atoms with Gasteiger partial charge in [0.05, 0.1) is 0 Å². The summed E-state index contributed by atoms with van der Waals surface area (Å²) >= 11 is 6.10. The van der Waals surface area contributed by atoms with E-state index < -0.39 is 11.6 Å². The summed E-state index contributed by atoms with van der Waals surface area (Å²) in [6, 6.07) is 24.1. The Hall–Kier alpha value is -3.31. The number of nitrogens with one attached hydrogen (secondary N) is 1. The summed E-state index contributed by atoms with van der Waals surface area (Å²) in [5.41, 5.74) is 2.43. The van der Waals surface area contributed by atoms with Gasteiger partial charge in [0.25, 0.3) is 5.91 Å². The van der Waals surface area contributed by atoms with Crippen LogP contribution in [0.4, 0.5) is 0 Å². The zero-order chi connectivity index (χ0) is 27.0. The molecular formula is C31H37ClN2O3. The maximum absolute atomic E-state index is 13.8. The van der Waals surface area contributed by atoms with Crippen LogP contribution in [0.5, 0.6) is 5.75 Å². The number of ether oxygens (including phenoxy) is 1. The second kappa shape index (κ2) is 12.8. The number of carbonyl (C=O) groups excluding carboxylic acids is 2. The van der Waals surface area contributed by atoms with Gasteiger partial charge >= 0.3 is 0 Å². The third-order valence-electron chi connectivity index (χ3n) is 5.93. The van der Waals surface area contributed by atoms with Gasteiger partial charge in [-0.1, -0.05) is 86.1 Å². The number of nitrogens with zero attached hydrogens (tertiary/aromatic N) is 1. The van der Waals surface area contributed by atoms with Gasteiger partial charge in [0.15, 0.2) is 6.61 Å². The topological polar surface area (TPSA) is 58.6 Å². The predicted molar refractivity (Wildman–Crippen MR) is 150 cm³/mol. The van der Waals surface area contributed by atoms with Crippen LogP contribution in [0.1, 0.15) is 57.2 Å². The van der Waals surface area contributed by atoms with Gasteiger partial charge in [0.1, 0.15) is 11.8 Å². The fraction of sp³-hybridized carbons (Fsp3) is 0.355. The summed E-state index contributed by atoms with van der Waals surface area (Å²) in [4.78, 5) is 29.0. The van der Waals surface area contributed by atoms with Crippen LogP contribution in [0.3, 0.4) is 0 Å². The molecule has 3 aromatic carbocycles. The van der Waals surface area contributed by atoms with Gasteiger partial charge in [-0.3, -0.25) is 9.59 Å². The molecule has 0 fully saturated rings. The van der Waals surface area contributed by atoms with Gasteiger partial charge in [-0.15, -0.1) is 0 Å². The molecule has 0 unspecified atom stereocenters. The smallest absolute Gasteiger partial charge is 0.261 e. The van der Waals surface area contributed by atoms with E-state index in [0.717, 1.165) is 16.7 Å². The van der Waals surface area contributed by atoms with E-state index in [-0.39, 0.29) is 30.9 Å². The van der Waals surface area contributed by atoms with E-state index in [1.807, 2.05) is 87.5 Å². The van der Waals surface area contributed by atoms with Crippen LogP contribution in [0, 0.1) is 0 Å². The molecule has 37 heavy (non-hydrogen) atoms. The summed E-state index contributed by atoms with van der Waals surface area (Å²) in [6.45, 7) is 10.0. The van der Waals surface area contributed by atoms with Crippen molar-refractivity contribution in [2.45, 2.75) is 65.1 Å². The quantitative estimate of drug-likeness (QED) is 0.336. The second-order valence-electron chi connectivity index (χ2n) is 10.6. The fourth-order valence-corrected chi connectivity index (χ4v) is 4.23. The number of benzene rings is 3. The van der Waals surface area contributed by atoms with E-state index in [4.69, 9.17) is 16.3 Å². The summed E-state index contributed by atoms with van der Waals surface area (Å²) in [5.74, 6) is 0.454. The average Bonchev–Trinajstić information content (AvgIpc) is 2.85. The zero-order valence-electron chi connectivity index (χ0n) is 22.3. The van der Waals surface area contributed by atoms with Gasteiger partial charge < -0.3 is 15.0 Å². The molecule has 0 spiro atoms. The molecule has 0 bridgehead atoms. The summed E-state index contributed by atoms with van der Waals surface area (Å²) < 4.78 is 6.04. The molecule has 6 heteroatoms. The van der Waals surface area contributed by atoms with Crippen LogP contribution in [0.25, 0.3) is 0 Å². The third-order valence-corrected chi connectivity index (χ3v) is 6.18. The van der Waals surface area contributed by atoms with Crippen molar-refractivity contribution >= 4 is 23.4 Å². The zero-order valence-corrected chi connectivity index (χ0v) is 23.1. The molecule has 0 saturated carbocycles. The van der Waals surface area contributed by atoms with Crippen molar-refractivity contribution in [3.8, 4) is 5.75 Å². The van der Waals surface area contributed by atoms with Gasteiger partial charge in [0.2, 0.25) is 5.91 Å². The number of halogens is 1. The molecule has 0 aromatic heterocycles. The van der Waals surface area contributed by atoms with Gasteiger partial charge in [-0.05, 0) is 61.6 Å². The monoisotopic (exact) mass is 520 g/mol. The number of para-hydroxylation sites is 1. The lowest BCUT2D eigenvalue weighted by molar-refractivity contribution is -0.143. The van der Waals surface area contributed by atoms with Gasteiger partial charge in [-0.2, -0.15) is 0 Å². The number of hydrogen-bond donors (Lipinski definition) is 1. The number of amides is 2. The van der Waals surface area contributed by atoms with E-state index in [9.17, 15) is 9.59 Å². The maximum Gasteiger partial charge on any atom is 0.261 e. The van der Waals surface area contributed by atoms with Crippen molar-refractivity contribution in [3.05, 3.63) is 101 Å². The van der Waals surface area contributed by atoms with Crippen LogP contribution in [0.2, 0.25) is 5.02 Å². The molecule has 0 aliphatic carbocycles. The Morgan fingerprint density at radius 1 is 0.892 bits per heavy atom. The molecule has 0 aliphatic heterocycles. The first kappa shape index (κ1) is 28.3.